The maximum absolute atomic E-state index is 12.4. The van der Waals surface area contributed by atoms with E-state index in [1.165, 1.54) is 5.56 Å². The predicted molar refractivity (Wildman–Crippen MR) is 87.6 cm³/mol. The van der Waals surface area contributed by atoms with E-state index in [0.29, 0.717) is 18.3 Å². The van der Waals surface area contributed by atoms with E-state index in [1.54, 1.807) is 7.11 Å². The summed E-state index contributed by atoms with van der Waals surface area (Å²) < 4.78 is 5.15. The first kappa shape index (κ1) is 17.5. The molecule has 0 aliphatic rings. The summed E-state index contributed by atoms with van der Waals surface area (Å²) in [6.45, 7) is 10.3. The Labute approximate surface area is 129 Å². The number of carbonyl (C=O) groups is 1. The van der Waals surface area contributed by atoms with Crippen LogP contribution < -0.4 is 4.74 Å². The molecule has 21 heavy (non-hydrogen) atoms. The van der Waals surface area contributed by atoms with E-state index in [0.717, 1.165) is 25.3 Å². The van der Waals surface area contributed by atoms with Crippen molar-refractivity contribution in [3.8, 4) is 5.75 Å². The molecular weight excluding hydrogens is 262 g/mol. The number of carbonyl (C=O) groups excluding carboxylic acids is 1. The topological polar surface area (TPSA) is 29.5 Å². The molecule has 0 spiro atoms. The molecule has 3 heteroatoms. The highest BCUT2D eigenvalue weighted by Crippen LogP contribution is 2.14. The van der Waals surface area contributed by atoms with Crippen molar-refractivity contribution in [1.29, 1.82) is 0 Å². The Kier molecular flexibility index (Phi) is 7.27. The lowest BCUT2D eigenvalue weighted by molar-refractivity contribution is -0.132. The fourth-order valence-corrected chi connectivity index (χ4v) is 2.36. The summed E-state index contributed by atoms with van der Waals surface area (Å²) in [7, 11) is 1.66. The van der Waals surface area contributed by atoms with Crippen LogP contribution in [0.25, 0.3) is 0 Å². The van der Waals surface area contributed by atoms with Crippen molar-refractivity contribution in [3.63, 3.8) is 0 Å². The van der Waals surface area contributed by atoms with E-state index >= 15 is 0 Å². The van der Waals surface area contributed by atoms with Crippen LogP contribution in [0.1, 0.15) is 39.7 Å². The first-order chi connectivity index (χ1) is 9.92. The summed E-state index contributed by atoms with van der Waals surface area (Å²) >= 11 is 0. The van der Waals surface area contributed by atoms with E-state index < -0.39 is 0 Å². The van der Waals surface area contributed by atoms with Crippen LogP contribution in [0.15, 0.2) is 24.3 Å². The molecule has 1 aromatic carbocycles. The van der Waals surface area contributed by atoms with Crippen molar-refractivity contribution in [2.75, 3.05) is 20.2 Å². The van der Waals surface area contributed by atoms with Gasteiger partial charge in [0, 0.05) is 19.5 Å². The zero-order valence-corrected chi connectivity index (χ0v) is 14.1. The standard InChI is InChI=1S/C18H29NO2/c1-14(2)12-19(13-15(3)4)18(20)11-8-16-6-9-17(21-5)10-7-16/h6-7,9-10,14-15H,8,11-13H2,1-5H3. The van der Waals surface area contributed by atoms with Gasteiger partial charge in [-0.3, -0.25) is 4.79 Å². The highest BCUT2D eigenvalue weighted by Gasteiger charge is 2.16. The van der Waals surface area contributed by atoms with Gasteiger partial charge in [-0.15, -0.1) is 0 Å². The van der Waals surface area contributed by atoms with Crippen molar-refractivity contribution < 1.29 is 9.53 Å². The van der Waals surface area contributed by atoms with Crippen LogP contribution in [-0.2, 0) is 11.2 Å². The molecule has 3 nitrogen and oxygen atoms in total. The average Bonchev–Trinajstić information content (AvgIpc) is 2.43. The van der Waals surface area contributed by atoms with E-state index in [1.807, 2.05) is 29.2 Å². The van der Waals surface area contributed by atoms with Gasteiger partial charge in [0.25, 0.3) is 0 Å². The van der Waals surface area contributed by atoms with Gasteiger partial charge < -0.3 is 9.64 Å². The molecule has 1 rings (SSSR count). The lowest BCUT2D eigenvalue weighted by Crippen LogP contribution is -2.37. The van der Waals surface area contributed by atoms with Crippen molar-refractivity contribution >= 4 is 5.91 Å². The Hall–Kier alpha value is -1.51. The van der Waals surface area contributed by atoms with Gasteiger partial charge in [0.1, 0.15) is 5.75 Å². The fraction of sp³-hybridized carbons (Fsp3) is 0.611. The number of methoxy groups -OCH3 is 1. The number of hydrogen-bond acceptors (Lipinski definition) is 2. The smallest absolute Gasteiger partial charge is 0.222 e. The lowest BCUT2D eigenvalue weighted by atomic mass is 10.1. The minimum Gasteiger partial charge on any atom is -0.497 e. The normalized spacial score (nSPS) is 11.0. The summed E-state index contributed by atoms with van der Waals surface area (Å²) in [6, 6.07) is 7.95. The van der Waals surface area contributed by atoms with Crippen LogP contribution in [0, 0.1) is 11.8 Å². The van der Waals surface area contributed by atoms with Gasteiger partial charge >= 0.3 is 0 Å². The summed E-state index contributed by atoms with van der Waals surface area (Å²) in [5.74, 6) is 2.13. The second kappa shape index (κ2) is 8.71. The molecule has 1 aromatic rings. The van der Waals surface area contributed by atoms with Crippen molar-refractivity contribution in [3.05, 3.63) is 29.8 Å². The number of nitrogens with zero attached hydrogens (tertiary/aromatic N) is 1. The van der Waals surface area contributed by atoms with Gasteiger partial charge in [-0.05, 0) is 36.0 Å². The molecule has 0 heterocycles. The highest BCUT2D eigenvalue weighted by atomic mass is 16.5. The SMILES string of the molecule is COc1ccc(CCC(=O)N(CC(C)C)CC(C)C)cc1. The summed E-state index contributed by atoms with van der Waals surface area (Å²) in [5, 5.41) is 0. The first-order valence-electron chi connectivity index (χ1n) is 7.83. The molecule has 0 atom stereocenters. The zero-order valence-electron chi connectivity index (χ0n) is 14.1. The number of hydrogen-bond donors (Lipinski definition) is 0. The molecule has 0 unspecified atom stereocenters. The predicted octanol–water partition coefficient (Wildman–Crippen LogP) is 3.77. The summed E-state index contributed by atoms with van der Waals surface area (Å²) in [6.07, 6.45) is 1.36. The Morgan fingerprint density at radius 1 is 1.05 bits per heavy atom. The number of ether oxygens (including phenoxy) is 1. The third-order valence-corrected chi connectivity index (χ3v) is 3.31. The van der Waals surface area contributed by atoms with E-state index in [-0.39, 0.29) is 5.91 Å². The van der Waals surface area contributed by atoms with Gasteiger partial charge in [-0.2, -0.15) is 0 Å². The average molecular weight is 291 g/mol. The molecule has 0 N–H and O–H groups in total. The van der Waals surface area contributed by atoms with Gasteiger partial charge in [0.15, 0.2) is 0 Å². The quantitative estimate of drug-likeness (QED) is 0.729. The van der Waals surface area contributed by atoms with Crippen LogP contribution in [0.5, 0.6) is 5.75 Å². The maximum Gasteiger partial charge on any atom is 0.222 e. The Bertz CT molecular complexity index is 413. The number of aryl methyl sites for hydroxylation is 1. The molecule has 1 amide bonds. The van der Waals surface area contributed by atoms with Crippen LogP contribution in [0.2, 0.25) is 0 Å². The van der Waals surface area contributed by atoms with Crippen LogP contribution in [-0.4, -0.2) is 31.0 Å². The number of rotatable bonds is 8. The number of amides is 1. The molecule has 118 valence electrons. The van der Waals surface area contributed by atoms with Gasteiger partial charge in [0.05, 0.1) is 7.11 Å². The van der Waals surface area contributed by atoms with Gasteiger partial charge in [-0.25, -0.2) is 0 Å². The van der Waals surface area contributed by atoms with E-state index in [9.17, 15) is 4.79 Å². The van der Waals surface area contributed by atoms with Crippen LogP contribution in [0.3, 0.4) is 0 Å². The summed E-state index contributed by atoms with van der Waals surface area (Å²) in [5.41, 5.74) is 1.18. The molecule has 0 saturated heterocycles. The Balaban J connectivity index is 2.55. The molecule has 0 aliphatic carbocycles. The molecular formula is C18H29NO2. The molecule has 0 fully saturated rings. The zero-order chi connectivity index (χ0) is 15.8. The molecule has 0 radical (unpaired) electrons. The molecule has 0 aromatic heterocycles. The van der Waals surface area contributed by atoms with Gasteiger partial charge in [-0.1, -0.05) is 39.8 Å². The highest BCUT2D eigenvalue weighted by molar-refractivity contribution is 5.76. The molecule has 0 aliphatic heterocycles. The minimum atomic E-state index is 0.258. The first-order valence-corrected chi connectivity index (χ1v) is 7.83. The Morgan fingerprint density at radius 3 is 2.00 bits per heavy atom. The van der Waals surface area contributed by atoms with E-state index in [4.69, 9.17) is 4.74 Å². The monoisotopic (exact) mass is 291 g/mol. The van der Waals surface area contributed by atoms with Crippen LogP contribution in [0.4, 0.5) is 0 Å². The van der Waals surface area contributed by atoms with E-state index in [2.05, 4.69) is 27.7 Å². The molecule has 0 bridgehead atoms. The maximum atomic E-state index is 12.4. The Morgan fingerprint density at radius 2 is 1.57 bits per heavy atom. The van der Waals surface area contributed by atoms with Crippen molar-refractivity contribution in [2.24, 2.45) is 11.8 Å². The largest absolute Gasteiger partial charge is 0.497 e. The third kappa shape index (κ3) is 6.65. The second-order valence-corrected chi connectivity index (χ2v) is 6.43. The van der Waals surface area contributed by atoms with Crippen molar-refractivity contribution in [2.45, 2.75) is 40.5 Å². The van der Waals surface area contributed by atoms with Crippen LogP contribution >= 0.6 is 0 Å². The fourth-order valence-electron chi connectivity index (χ4n) is 2.36. The van der Waals surface area contributed by atoms with Crippen molar-refractivity contribution in [1.82, 2.24) is 4.90 Å². The second-order valence-electron chi connectivity index (χ2n) is 6.43. The summed E-state index contributed by atoms with van der Waals surface area (Å²) in [4.78, 5) is 14.4. The molecule has 0 saturated carbocycles. The lowest BCUT2D eigenvalue weighted by Gasteiger charge is -2.26. The minimum absolute atomic E-state index is 0.258. The third-order valence-electron chi connectivity index (χ3n) is 3.31. The number of benzene rings is 1. The van der Waals surface area contributed by atoms with Gasteiger partial charge in [0.2, 0.25) is 5.91 Å².